The van der Waals surface area contributed by atoms with Crippen LogP contribution < -0.4 is 10.6 Å². The number of amides is 4. The highest BCUT2D eigenvalue weighted by atomic mass is 16.3. The molecule has 0 aromatic heterocycles. The monoisotopic (exact) mass is 347 g/mol. The second-order valence-corrected chi connectivity index (χ2v) is 6.53. The lowest BCUT2D eigenvalue weighted by Crippen LogP contribution is -2.49. The van der Waals surface area contributed by atoms with Crippen molar-refractivity contribution < 1.29 is 24.6 Å². The zero-order chi connectivity index (χ0) is 18.0. The van der Waals surface area contributed by atoms with Crippen LogP contribution >= 0.6 is 0 Å². The molecule has 25 heavy (non-hydrogen) atoms. The average Bonchev–Trinajstić information content (AvgIpc) is 2.81. The fraction of sp³-hybridized carbons (Fsp3) is 0.471. The third-order valence-electron chi connectivity index (χ3n) is 4.83. The van der Waals surface area contributed by atoms with Crippen molar-refractivity contribution in [2.75, 3.05) is 6.54 Å². The van der Waals surface area contributed by atoms with Crippen LogP contribution in [0, 0.1) is 0 Å². The Bertz CT molecular complexity index is 712. The summed E-state index contributed by atoms with van der Waals surface area (Å²) in [5, 5.41) is 24.4. The minimum Gasteiger partial charge on any atom is -0.504 e. The molecule has 1 saturated carbocycles. The number of carbonyl (C=O) groups excluding carboxylic acids is 3. The van der Waals surface area contributed by atoms with Crippen LogP contribution in [0.1, 0.15) is 37.7 Å². The van der Waals surface area contributed by atoms with E-state index in [2.05, 4.69) is 10.6 Å². The Hall–Kier alpha value is -2.77. The number of benzene rings is 1. The molecule has 134 valence electrons. The van der Waals surface area contributed by atoms with E-state index in [4.69, 9.17) is 0 Å². The molecule has 8 heteroatoms. The molecule has 0 atom stereocenters. The Morgan fingerprint density at radius 2 is 1.92 bits per heavy atom. The van der Waals surface area contributed by atoms with Gasteiger partial charge in [0.25, 0.3) is 5.91 Å². The molecule has 0 unspecified atom stereocenters. The zero-order valence-corrected chi connectivity index (χ0v) is 13.7. The van der Waals surface area contributed by atoms with Gasteiger partial charge in [-0.15, -0.1) is 0 Å². The van der Waals surface area contributed by atoms with Crippen LogP contribution in [0.4, 0.5) is 4.79 Å². The Morgan fingerprint density at radius 3 is 2.64 bits per heavy atom. The number of aromatic hydroxyl groups is 2. The highest BCUT2D eigenvalue weighted by Crippen LogP contribution is 2.33. The number of imide groups is 1. The quantitative estimate of drug-likeness (QED) is 0.478. The number of carbonyl (C=O) groups is 3. The normalized spacial score (nSPS) is 19.1. The van der Waals surface area contributed by atoms with Crippen LogP contribution in [0.15, 0.2) is 18.2 Å². The van der Waals surface area contributed by atoms with Crippen molar-refractivity contribution in [3.05, 3.63) is 23.8 Å². The summed E-state index contributed by atoms with van der Waals surface area (Å²) < 4.78 is 0. The van der Waals surface area contributed by atoms with E-state index in [0.29, 0.717) is 18.4 Å². The van der Waals surface area contributed by atoms with Gasteiger partial charge in [0.2, 0.25) is 5.91 Å². The summed E-state index contributed by atoms with van der Waals surface area (Å²) in [6, 6.07) is 3.89. The molecule has 2 fully saturated rings. The number of rotatable bonds is 4. The Balaban J connectivity index is 1.60. The lowest BCUT2D eigenvalue weighted by Gasteiger charge is -2.30. The molecule has 1 heterocycles. The largest absolute Gasteiger partial charge is 0.504 e. The predicted octanol–water partition coefficient (Wildman–Crippen LogP) is 0.969. The van der Waals surface area contributed by atoms with Crippen molar-refractivity contribution in [3.8, 4) is 11.5 Å². The van der Waals surface area contributed by atoms with Crippen LogP contribution in [-0.4, -0.2) is 45.0 Å². The molecule has 1 aliphatic carbocycles. The first-order valence-corrected chi connectivity index (χ1v) is 8.33. The SMILES string of the molecule is O=C(CN1C(=O)NC2(CCCCC2)C1=O)NCc1cccc(O)c1O. The Morgan fingerprint density at radius 1 is 1.20 bits per heavy atom. The van der Waals surface area contributed by atoms with Gasteiger partial charge in [-0.1, -0.05) is 31.4 Å². The van der Waals surface area contributed by atoms with Gasteiger partial charge in [0.1, 0.15) is 12.1 Å². The van der Waals surface area contributed by atoms with Crippen molar-refractivity contribution in [1.82, 2.24) is 15.5 Å². The van der Waals surface area contributed by atoms with Crippen molar-refractivity contribution >= 4 is 17.8 Å². The van der Waals surface area contributed by atoms with Crippen LogP contribution in [0.2, 0.25) is 0 Å². The summed E-state index contributed by atoms with van der Waals surface area (Å²) in [5.74, 6) is -1.44. The van der Waals surface area contributed by atoms with Gasteiger partial charge in [-0.05, 0) is 18.9 Å². The smallest absolute Gasteiger partial charge is 0.325 e. The Kier molecular flexibility index (Phi) is 4.52. The third-order valence-corrected chi connectivity index (χ3v) is 4.83. The third kappa shape index (κ3) is 3.24. The number of phenolic OH excluding ortho intramolecular Hbond substituents is 2. The number of hydrogen-bond donors (Lipinski definition) is 4. The van der Waals surface area contributed by atoms with E-state index in [0.717, 1.165) is 24.2 Å². The molecule has 0 bridgehead atoms. The molecule has 3 rings (SSSR count). The number of nitrogens with one attached hydrogen (secondary N) is 2. The zero-order valence-electron chi connectivity index (χ0n) is 13.7. The van der Waals surface area contributed by atoms with Gasteiger partial charge < -0.3 is 20.8 Å². The second-order valence-electron chi connectivity index (χ2n) is 6.53. The van der Waals surface area contributed by atoms with Gasteiger partial charge in [-0.2, -0.15) is 0 Å². The van der Waals surface area contributed by atoms with Gasteiger partial charge in [-0.3, -0.25) is 14.5 Å². The molecular weight excluding hydrogens is 326 g/mol. The molecule has 8 nitrogen and oxygen atoms in total. The second kappa shape index (κ2) is 6.62. The van der Waals surface area contributed by atoms with Gasteiger partial charge in [-0.25, -0.2) is 4.79 Å². The molecular formula is C17H21N3O5. The van der Waals surface area contributed by atoms with E-state index in [9.17, 15) is 24.6 Å². The summed E-state index contributed by atoms with van der Waals surface area (Å²) in [4.78, 5) is 37.7. The fourth-order valence-electron chi connectivity index (χ4n) is 3.43. The van der Waals surface area contributed by atoms with Crippen LogP contribution in [0.3, 0.4) is 0 Å². The summed E-state index contributed by atoms with van der Waals surface area (Å²) in [7, 11) is 0. The van der Waals surface area contributed by atoms with Crippen molar-refractivity contribution in [1.29, 1.82) is 0 Å². The van der Waals surface area contributed by atoms with E-state index >= 15 is 0 Å². The topological polar surface area (TPSA) is 119 Å². The van der Waals surface area contributed by atoms with Crippen LogP contribution in [0.25, 0.3) is 0 Å². The lowest BCUT2D eigenvalue weighted by atomic mass is 9.82. The minimum absolute atomic E-state index is 0.0200. The molecule has 4 N–H and O–H groups in total. The highest BCUT2D eigenvalue weighted by molar-refractivity contribution is 6.09. The predicted molar refractivity (Wildman–Crippen MR) is 87.7 cm³/mol. The highest BCUT2D eigenvalue weighted by Gasteiger charge is 2.51. The summed E-state index contributed by atoms with van der Waals surface area (Å²) in [5.41, 5.74) is -0.506. The fourth-order valence-corrected chi connectivity index (χ4v) is 3.43. The van der Waals surface area contributed by atoms with E-state index in [-0.39, 0.29) is 30.5 Å². The molecule has 0 radical (unpaired) electrons. The minimum atomic E-state index is -0.848. The maximum atomic E-state index is 12.6. The molecule has 4 amide bonds. The molecule has 1 aliphatic heterocycles. The standard InChI is InChI=1S/C17H21N3O5/c21-12-6-4-5-11(14(12)23)9-18-13(22)10-20-15(24)17(19-16(20)25)7-2-1-3-8-17/h4-6,21,23H,1-3,7-10H2,(H,18,22)(H,19,25). The number of phenols is 2. The number of hydrogen-bond acceptors (Lipinski definition) is 5. The summed E-state index contributed by atoms with van der Waals surface area (Å²) in [6.45, 7) is -0.389. The number of nitrogens with zero attached hydrogens (tertiary/aromatic N) is 1. The molecule has 1 spiro atoms. The lowest BCUT2D eigenvalue weighted by molar-refractivity contribution is -0.135. The van der Waals surface area contributed by atoms with E-state index in [1.54, 1.807) is 12.1 Å². The van der Waals surface area contributed by atoms with Crippen molar-refractivity contribution in [3.63, 3.8) is 0 Å². The average molecular weight is 347 g/mol. The van der Waals surface area contributed by atoms with Gasteiger partial charge >= 0.3 is 6.03 Å². The molecule has 2 aliphatic rings. The summed E-state index contributed by atoms with van der Waals surface area (Å²) in [6.07, 6.45) is 4.00. The van der Waals surface area contributed by atoms with Crippen LogP contribution in [-0.2, 0) is 16.1 Å². The summed E-state index contributed by atoms with van der Waals surface area (Å²) >= 11 is 0. The van der Waals surface area contributed by atoms with Gasteiger partial charge in [0.05, 0.1) is 0 Å². The Labute approximate surface area is 144 Å². The van der Waals surface area contributed by atoms with Crippen LogP contribution in [0.5, 0.6) is 11.5 Å². The van der Waals surface area contributed by atoms with Gasteiger partial charge in [0.15, 0.2) is 11.5 Å². The van der Waals surface area contributed by atoms with E-state index in [1.807, 2.05) is 0 Å². The molecule has 1 aromatic carbocycles. The first-order chi connectivity index (χ1) is 11.9. The molecule has 1 aromatic rings. The number of para-hydroxylation sites is 1. The van der Waals surface area contributed by atoms with Crippen molar-refractivity contribution in [2.45, 2.75) is 44.2 Å². The first kappa shape index (κ1) is 17.1. The maximum absolute atomic E-state index is 12.6. The first-order valence-electron chi connectivity index (χ1n) is 8.33. The van der Waals surface area contributed by atoms with Gasteiger partial charge in [0, 0.05) is 12.1 Å². The van der Waals surface area contributed by atoms with Crippen molar-refractivity contribution in [2.24, 2.45) is 0 Å². The maximum Gasteiger partial charge on any atom is 0.325 e. The van der Waals surface area contributed by atoms with E-state index < -0.39 is 17.5 Å². The van der Waals surface area contributed by atoms with E-state index in [1.165, 1.54) is 6.07 Å². The molecule has 1 saturated heterocycles. The number of urea groups is 1.